The third-order valence-corrected chi connectivity index (χ3v) is 4.85. The van der Waals surface area contributed by atoms with Gasteiger partial charge in [-0.15, -0.1) is 0 Å². The lowest BCUT2D eigenvalue weighted by molar-refractivity contribution is -0.121. The predicted molar refractivity (Wildman–Crippen MR) is 95.9 cm³/mol. The largest absolute Gasteiger partial charge is 0.351 e. The van der Waals surface area contributed by atoms with Crippen LogP contribution < -0.4 is 5.32 Å². The molecule has 0 aliphatic carbocycles. The minimum Gasteiger partial charge on any atom is -0.351 e. The van der Waals surface area contributed by atoms with Gasteiger partial charge >= 0.3 is 0 Å². The summed E-state index contributed by atoms with van der Waals surface area (Å²) in [5.74, 6) is 0.103. The van der Waals surface area contributed by atoms with Crippen LogP contribution in [0.3, 0.4) is 0 Å². The summed E-state index contributed by atoms with van der Waals surface area (Å²) in [5, 5.41) is 3.95. The highest BCUT2D eigenvalue weighted by Crippen LogP contribution is 2.31. The van der Waals surface area contributed by atoms with Crippen LogP contribution in [0.4, 0.5) is 0 Å². The van der Waals surface area contributed by atoms with Gasteiger partial charge in [0.2, 0.25) is 5.91 Å². The van der Waals surface area contributed by atoms with Crippen LogP contribution in [0, 0.1) is 0 Å². The molecule has 0 spiro atoms. The van der Waals surface area contributed by atoms with Crippen LogP contribution in [0.1, 0.15) is 30.0 Å². The van der Waals surface area contributed by atoms with Gasteiger partial charge in [0.25, 0.3) is 0 Å². The van der Waals surface area contributed by atoms with Crippen molar-refractivity contribution in [2.45, 2.75) is 31.3 Å². The van der Waals surface area contributed by atoms with E-state index in [9.17, 15) is 4.79 Å². The number of hydrogen-bond donors (Lipinski definition) is 1. The zero-order valence-electron chi connectivity index (χ0n) is 13.8. The highest BCUT2D eigenvalue weighted by Gasteiger charge is 2.33. The summed E-state index contributed by atoms with van der Waals surface area (Å²) < 4.78 is 0. The van der Waals surface area contributed by atoms with Gasteiger partial charge in [0.1, 0.15) is 0 Å². The smallest absolute Gasteiger partial charge is 0.220 e. The van der Waals surface area contributed by atoms with Gasteiger partial charge in [0.15, 0.2) is 0 Å². The van der Waals surface area contributed by atoms with E-state index in [0.29, 0.717) is 6.42 Å². The summed E-state index contributed by atoms with van der Waals surface area (Å²) in [6, 6.07) is 12.2. The van der Waals surface area contributed by atoms with E-state index in [1.807, 2.05) is 36.4 Å². The third-order valence-electron chi connectivity index (χ3n) is 4.60. The van der Waals surface area contributed by atoms with E-state index in [2.05, 4.69) is 22.2 Å². The summed E-state index contributed by atoms with van der Waals surface area (Å²) in [7, 11) is 2.10. The first-order valence-corrected chi connectivity index (χ1v) is 8.65. The van der Waals surface area contributed by atoms with Crippen LogP contribution in [0.2, 0.25) is 5.02 Å². The minimum absolute atomic E-state index is 0.103. The molecule has 0 unspecified atom stereocenters. The molecule has 1 fully saturated rings. The van der Waals surface area contributed by atoms with Gasteiger partial charge in [-0.1, -0.05) is 23.7 Å². The molecule has 2 heterocycles. The van der Waals surface area contributed by atoms with Gasteiger partial charge < -0.3 is 5.32 Å². The summed E-state index contributed by atoms with van der Waals surface area (Å²) >= 11 is 5.99. The number of rotatable bonds is 5. The Hall–Kier alpha value is -1.91. The molecule has 24 heavy (non-hydrogen) atoms. The predicted octanol–water partition coefficient (Wildman–Crippen LogP) is 3.23. The van der Waals surface area contributed by atoms with Crippen LogP contribution in [-0.4, -0.2) is 35.4 Å². The molecule has 0 radical (unpaired) electrons. The molecule has 1 N–H and O–H groups in total. The summed E-state index contributed by atoms with van der Waals surface area (Å²) in [5.41, 5.74) is 2.33. The third kappa shape index (κ3) is 4.13. The van der Waals surface area contributed by atoms with Crippen molar-refractivity contribution in [1.29, 1.82) is 0 Å². The maximum absolute atomic E-state index is 12.3. The van der Waals surface area contributed by atoms with E-state index in [1.54, 1.807) is 12.4 Å². The Morgan fingerprint density at radius 1 is 1.25 bits per heavy atom. The molecule has 1 aromatic carbocycles. The lowest BCUT2D eigenvalue weighted by atomic mass is 10.00. The molecule has 1 amide bonds. The van der Waals surface area contributed by atoms with Crippen LogP contribution in [0.5, 0.6) is 0 Å². The molecule has 1 aliphatic rings. The quantitative estimate of drug-likeness (QED) is 0.906. The molecule has 3 rings (SSSR count). The van der Waals surface area contributed by atoms with Crippen LogP contribution >= 0.6 is 11.6 Å². The molecule has 0 bridgehead atoms. The SMILES string of the molecule is CN1CC[C@@H](NC(=O)CCc2ccncc2)[C@@H]1c1ccc(Cl)cc1. The number of nitrogens with zero attached hydrogens (tertiary/aromatic N) is 2. The Labute approximate surface area is 147 Å². The fraction of sp³-hybridized carbons (Fsp3) is 0.368. The summed E-state index contributed by atoms with van der Waals surface area (Å²) in [6.07, 6.45) is 5.72. The van der Waals surface area contributed by atoms with Crippen LogP contribution in [-0.2, 0) is 11.2 Å². The van der Waals surface area contributed by atoms with E-state index in [-0.39, 0.29) is 18.0 Å². The van der Waals surface area contributed by atoms with Crippen molar-refractivity contribution in [2.24, 2.45) is 0 Å². The Morgan fingerprint density at radius 3 is 2.67 bits per heavy atom. The minimum atomic E-state index is 0.103. The van der Waals surface area contributed by atoms with E-state index < -0.39 is 0 Å². The molecule has 5 heteroatoms. The fourth-order valence-corrected chi connectivity index (χ4v) is 3.46. The van der Waals surface area contributed by atoms with Gasteiger partial charge in [0, 0.05) is 36.4 Å². The maximum Gasteiger partial charge on any atom is 0.220 e. The van der Waals surface area contributed by atoms with E-state index in [1.165, 1.54) is 5.56 Å². The topological polar surface area (TPSA) is 45.2 Å². The molecule has 2 aromatic rings. The molecule has 2 atom stereocenters. The van der Waals surface area contributed by atoms with Crippen molar-refractivity contribution in [2.75, 3.05) is 13.6 Å². The maximum atomic E-state index is 12.3. The molecular weight excluding hydrogens is 322 g/mol. The van der Waals surface area contributed by atoms with Crippen molar-refractivity contribution >= 4 is 17.5 Å². The first kappa shape index (κ1) is 16.9. The number of hydrogen-bond acceptors (Lipinski definition) is 3. The average molecular weight is 344 g/mol. The molecule has 4 nitrogen and oxygen atoms in total. The molecule has 1 aromatic heterocycles. The van der Waals surface area contributed by atoms with Crippen molar-refractivity contribution in [3.05, 3.63) is 64.9 Å². The Bertz CT molecular complexity index is 675. The second-order valence-electron chi connectivity index (χ2n) is 6.30. The monoisotopic (exact) mass is 343 g/mol. The molecule has 1 aliphatic heterocycles. The van der Waals surface area contributed by atoms with Crippen LogP contribution in [0.25, 0.3) is 0 Å². The second kappa shape index (κ2) is 7.77. The molecule has 1 saturated heterocycles. The van der Waals surface area contributed by atoms with Gasteiger partial charge in [-0.2, -0.15) is 0 Å². The highest BCUT2D eigenvalue weighted by atomic mass is 35.5. The normalized spacial score (nSPS) is 20.9. The van der Waals surface area contributed by atoms with Crippen molar-refractivity contribution in [3.63, 3.8) is 0 Å². The van der Waals surface area contributed by atoms with Gasteiger partial charge in [-0.25, -0.2) is 0 Å². The van der Waals surface area contributed by atoms with Crippen molar-refractivity contribution in [1.82, 2.24) is 15.2 Å². The molecule has 126 valence electrons. The number of likely N-dealkylation sites (N-methyl/N-ethyl adjacent to an activating group) is 1. The Kier molecular flexibility index (Phi) is 5.48. The number of likely N-dealkylation sites (tertiary alicyclic amines) is 1. The number of carbonyl (C=O) groups is 1. The van der Waals surface area contributed by atoms with Gasteiger partial charge in [-0.05, 0) is 55.3 Å². The van der Waals surface area contributed by atoms with Crippen molar-refractivity contribution in [3.8, 4) is 0 Å². The number of aromatic nitrogens is 1. The number of nitrogens with one attached hydrogen (secondary N) is 1. The number of amides is 1. The average Bonchev–Trinajstić information content (AvgIpc) is 2.95. The number of pyridine rings is 1. The number of aryl methyl sites for hydroxylation is 1. The van der Waals surface area contributed by atoms with E-state index in [0.717, 1.165) is 30.0 Å². The lowest BCUT2D eigenvalue weighted by Gasteiger charge is -2.26. The van der Waals surface area contributed by atoms with Gasteiger partial charge in [-0.3, -0.25) is 14.7 Å². The second-order valence-corrected chi connectivity index (χ2v) is 6.73. The van der Waals surface area contributed by atoms with Crippen LogP contribution in [0.15, 0.2) is 48.8 Å². The summed E-state index contributed by atoms with van der Waals surface area (Å²) in [6.45, 7) is 0.975. The standard InChI is InChI=1S/C19H22ClN3O/c1-23-13-10-17(19(23)15-3-5-16(20)6-4-15)22-18(24)7-2-14-8-11-21-12-9-14/h3-6,8-9,11-12,17,19H,2,7,10,13H2,1H3,(H,22,24)/t17-,19+/m1/s1. The zero-order valence-corrected chi connectivity index (χ0v) is 14.5. The lowest BCUT2D eigenvalue weighted by Crippen LogP contribution is -2.39. The Morgan fingerprint density at radius 2 is 1.96 bits per heavy atom. The Balaban J connectivity index is 1.60. The molecule has 0 saturated carbocycles. The number of carbonyl (C=O) groups excluding carboxylic acids is 1. The zero-order chi connectivity index (χ0) is 16.9. The van der Waals surface area contributed by atoms with Gasteiger partial charge in [0.05, 0.1) is 6.04 Å². The van der Waals surface area contributed by atoms with Crippen molar-refractivity contribution < 1.29 is 4.79 Å². The number of halogens is 1. The van der Waals surface area contributed by atoms with E-state index in [4.69, 9.17) is 11.6 Å². The first-order chi connectivity index (χ1) is 11.6. The first-order valence-electron chi connectivity index (χ1n) is 8.27. The highest BCUT2D eigenvalue weighted by molar-refractivity contribution is 6.30. The number of benzene rings is 1. The molecular formula is C19H22ClN3O. The summed E-state index contributed by atoms with van der Waals surface area (Å²) in [4.78, 5) is 18.6. The van der Waals surface area contributed by atoms with E-state index >= 15 is 0 Å². The fourth-order valence-electron chi connectivity index (χ4n) is 3.33.